The Morgan fingerprint density at radius 3 is 2.15 bits per heavy atom. The van der Waals surface area contributed by atoms with Crippen LogP contribution >= 0.6 is 0 Å². The van der Waals surface area contributed by atoms with Gasteiger partial charge in [-0.1, -0.05) is 42.5 Å². The molecule has 0 saturated carbocycles. The molecule has 0 unspecified atom stereocenters. The van der Waals surface area contributed by atoms with Gasteiger partial charge in [0, 0.05) is 0 Å². The molecule has 0 bridgehead atoms. The number of rotatable bonds is 3. The first kappa shape index (κ1) is 12.6. The maximum absolute atomic E-state index is 13.1. The summed E-state index contributed by atoms with van der Waals surface area (Å²) in [5.74, 6) is 0. The SMILES string of the molecule is O=c1n(Cc2ccccc2)c2ccccc2n1C(F)F. The monoisotopic (exact) mass is 274 g/mol. The van der Waals surface area contributed by atoms with E-state index in [0.29, 0.717) is 10.1 Å². The predicted octanol–water partition coefficient (Wildman–Crippen LogP) is 3.25. The molecule has 0 aliphatic rings. The van der Waals surface area contributed by atoms with Crippen LogP contribution in [0.25, 0.3) is 11.0 Å². The molecule has 5 heteroatoms. The van der Waals surface area contributed by atoms with Crippen molar-refractivity contribution in [2.75, 3.05) is 0 Å². The van der Waals surface area contributed by atoms with E-state index in [0.717, 1.165) is 5.56 Å². The maximum Gasteiger partial charge on any atom is 0.333 e. The highest BCUT2D eigenvalue weighted by Gasteiger charge is 2.18. The normalized spacial score (nSPS) is 11.3. The molecule has 2 aromatic carbocycles. The Labute approximate surface area is 113 Å². The quantitative estimate of drug-likeness (QED) is 0.720. The summed E-state index contributed by atoms with van der Waals surface area (Å²) in [6.07, 6.45) is 0. The number of alkyl halides is 2. The van der Waals surface area contributed by atoms with E-state index < -0.39 is 12.2 Å². The van der Waals surface area contributed by atoms with Gasteiger partial charge < -0.3 is 0 Å². The molecule has 0 spiro atoms. The summed E-state index contributed by atoms with van der Waals surface area (Å²) in [4.78, 5) is 12.2. The molecule has 0 radical (unpaired) electrons. The van der Waals surface area contributed by atoms with Crippen LogP contribution in [-0.4, -0.2) is 9.13 Å². The molecule has 0 atom stereocenters. The van der Waals surface area contributed by atoms with Gasteiger partial charge >= 0.3 is 12.2 Å². The van der Waals surface area contributed by atoms with Gasteiger partial charge in [-0.25, -0.2) is 9.36 Å². The standard InChI is InChI=1S/C15H12F2N2O/c16-14(17)19-13-9-5-4-8-12(13)18(15(19)20)10-11-6-2-1-3-7-11/h1-9,14H,10H2. The fourth-order valence-electron chi connectivity index (χ4n) is 2.34. The van der Waals surface area contributed by atoms with Crippen molar-refractivity contribution in [3.05, 3.63) is 70.6 Å². The molecule has 3 nitrogen and oxygen atoms in total. The number of halogens is 2. The van der Waals surface area contributed by atoms with E-state index in [1.807, 2.05) is 30.3 Å². The van der Waals surface area contributed by atoms with Crippen LogP contribution in [0.1, 0.15) is 12.1 Å². The predicted molar refractivity (Wildman–Crippen MR) is 73.0 cm³/mol. The molecule has 3 rings (SSSR count). The van der Waals surface area contributed by atoms with Crippen molar-refractivity contribution in [3.8, 4) is 0 Å². The number of hydrogen-bond donors (Lipinski definition) is 0. The molecule has 20 heavy (non-hydrogen) atoms. The van der Waals surface area contributed by atoms with Crippen LogP contribution in [0.4, 0.5) is 8.78 Å². The van der Waals surface area contributed by atoms with Crippen LogP contribution in [0.2, 0.25) is 0 Å². The lowest BCUT2D eigenvalue weighted by Crippen LogP contribution is -2.25. The summed E-state index contributed by atoms with van der Waals surface area (Å²) in [6, 6.07) is 15.9. The van der Waals surface area contributed by atoms with E-state index in [-0.39, 0.29) is 12.1 Å². The zero-order valence-corrected chi connectivity index (χ0v) is 10.5. The fraction of sp³-hybridized carbons (Fsp3) is 0.133. The first-order valence-electron chi connectivity index (χ1n) is 6.20. The summed E-state index contributed by atoms with van der Waals surface area (Å²) >= 11 is 0. The van der Waals surface area contributed by atoms with Gasteiger partial charge in [0.05, 0.1) is 17.6 Å². The Balaban J connectivity index is 2.21. The van der Waals surface area contributed by atoms with E-state index in [9.17, 15) is 13.6 Å². The van der Waals surface area contributed by atoms with Crippen LogP contribution in [0.15, 0.2) is 59.4 Å². The molecule has 0 amide bonds. The van der Waals surface area contributed by atoms with Gasteiger partial charge in [0.1, 0.15) is 0 Å². The zero-order chi connectivity index (χ0) is 14.1. The summed E-state index contributed by atoms with van der Waals surface area (Å²) in [6.45, 7) is -2.57. The zero-order valence-electron chi connectivity index (χ0n) is 10.5. The Kier molecular flexibility index (Phi) is 3.10. The molecule has 1 heterocycles. The Bertz CT molecular complexity index is 790. The van der Waals surface area contributed by atoms with E-state index >= 15 is 0 Å². The van der Waals surface area contributed by atoms with Crippen molar-refractivity contribution in [2.24, 2.45) is 0 Å². The van der Waals surface area contributed by atoms with Crippen molar-refractivity contribution in [2.45, 2.75) is 13.1 Å². The van der Waals surface area contributed by atoms with Gasteiger partial charge in [-0.3, -0.25) is 4.57 Å². The maximum atomic E-state index is 13.1. The van der Waals surface area contributed by atoms with Crippen molar-refractivity contribution < 1.29 is 8.78 Å². The van der Waals surface area contributed by atoms with Crippen molar-refractivity contribution in [3.63, 3.8) is 0 Å². The minimum atomic E-state index is -2.84. The summed E-state index contributed by atoms with van der Waals surface area (Å²) in [5, 5.41) is 0. The molecule has 3 aromatic rings. The molecule has 0 saturated heterocycles. The minimum Gasteiger partial charge on any atom is -0.287 e. The van der Waals surface area contributed by atoms with Crippen molar-refractivity contribution in [1.82, 2.24) is 9.13 Å². The minimum absolute atomic E-state index is 0.253. The number of aromatic nitrogens is 2. The molecule has 0 aliphatic heterocycles. The number of hydrogen-bond acceptors (Lipinski definition) is 1. The fourth-order valence-corrected chi connectivity index (χ4v) is 2.34. The third kappa shape index (κ3) is 2.01. The van der Waals surface area contributed by atoms with Crippen LogP contribution in [0.5, 0.6) is 0 Å². The average molecular weight is 274 g/mol. The average Bonchev–Trinajstić information content (AvgIpc) is 2.73. The second-order valence-electron chi connectivity index (χ2n) is 4.49. The topological polar surface area (TPSA) is 26.9 Å². The smallest absolute Gasteiger partial charge is 0.287 e. The van der Waals surface area contributed by atoms with Gasteiger partial charge in [-0.05, 0) is 17.7 Å². The van der Waals surface area contributed by atoms with Crippen LogP contribution < -0.4 is 5.69 Å². The van der Waals surface area contributed by atoms with Gasteiger partial charge in [0.2, 0.25) is 0 Å². The summed E-state index contributed by atoms with van der Waals surface area (Å²) < 4.78 is 28.0. The Hall–Kier alpha value is -2.43. The Morgan fingerprint density at radius 2 is 1.50 bits per heavy atom. The van der Waals surface area contributed by atoms with E-state index in [2.05, 4.69) is 0 Å². The van der Waals surface area contributed by atoms with Crippen molar-refractivity contribution in [1.29, 1.82) is 0 Å². The Morgan fingerprint density at radius 1 is 0.900 bits per heavy atom. The number of nitrogens with zero attached hydrogens (tertiary/aromatic N) is 2. The van der Waals surface area contributed by atoms with Gasteiger partial charge in [-0.2, -0.15) is 8.78 Å². The molecular weight excluding hydrogens is 262 g/mol. The number of fused-ring (bicyclic) bond motifs is 1. The second kappa shape index (κ2) is 4.92. The van der Waals surface area contributed by atoms with Gasteiger partial charge in [-0.15, -0.1) is 0 Å². The first-order valence-corrected chi connectivity index (χ1v) is 6.20. The first-order chi connectivity index (χ1) is 9.68. The molecule has 0 fully saturated rings. The van der Waals surface area contributed by atoms with Crippen LogP contribution in [0, 0.1) is 0 Å². The largest absolute Gasteiger partial charge is 0.333 e. The highest BCUT2D eigenvalue weighted by Crippen LogP contribution is 2.19. The lowest BCUT2D eigenvalue weighted by Gasteiger charge is -2.03. The molecular formula is C15H12F2N2O. The number of imidazole rings is 1. The third-order valence-electron chi connectivity index (χ3n) is 3.25. The summed E-state index contributed by atoms with van der Waals surface area (Å²) in [5.41, 5.74) is 0.974. The van der Waals surface area contributed by atoms with E-state index in [1.165, 1.54) is 10.6 Å². The second-order valence-corrected chi connectivity index (χ2v) is 4.49. The lowest BCUT2D eigenvalue weighted by atomic mass is 10.2. The van der Waals surface area contributed by atoms with E-state index in [4.69, 9.17) is 0 Å². The van der Waals surface area contributed by atoms with Gasteiger partial charge in [0.25, 0.3) is 0 Å². The highest BCUT2D eigenvalue weighted by molar-refractivity contribution is 5.76. The molecule has 102 valence electrons. The van der Waals surface area contributed by atoms with E-state index in [1.54, 1.807) is 18.2 Å². The highest BCUT2D eigenvalue weighted by atomic mass is 19.3. The van der Waals surface area contributed by atoms with Crippen LogP contribution in [-0.2, 0) is 6.54 Å². The number of para-hydroxylation sites is 2. The molecule has 1 aromatic heterocycles. The third-order valence-corrected chi connectivity index (χ3v) is 3.25. The van der Waals surface area contributed by atoms with Crippen molar-refractivity contribution >= 4 is 11.0 Å². The summed E-state index contributed by atoms with van der Waals surface area (Å²) in [7, 11) is 0. The van der Waals surface area contributed by atoms with Crippen LogP contribution in [0.3, 0.4) is 0 Å². The lowest BCUT2D eigenvalue weighted by molar-refractivity contribution is 0.0704. The molecule has 0 aliphatic carbocycles. The molecule has 0 N–H and O–H groups in total. The number of benzene rings is 2. The van der Waals surface area contributed by atoms with Gasteiger partial charge in [0.15, 0.2) is 0 Å².